The molecular weight excluding hydrogens is 238 g/mol. The van der Waals surface area contributed by atoms with Crippen molar-refractivity contribution in [1.29, 1.82) is 0 Å². The van der Waals surface area contributed by atoms with Gasteiger partial charge in [0.15, 0.2) is 0 Å². The maximum absolute atomic E-state index is 5.78. The number of para-hydroxylation sites is 1. The topological polar surface area (TPSA) is 61.0 Å². The number of hydrogen-bond donors (Lipinski definition) is 1. The minimum absolute atomic E-state index is 0.575. The van der Waals surface area contributed by atoms with E-state index in [4.69, 9.17) is 10.5 Å². The Bertz CT molecular complexity index is 740. The zero-order valence-corrected chi connectivity index (χ0v) is 10.5. The average molecular weight is 251 g/mol. The van der Waals surface area contributed by atoms with E-state index >= 15 is 0 Å². The van der Waals surface area contributed by atoms with Gasteiger partial charge >= 0.3 is 0 Å². The summed E-state index contributed by atoms with van der Waals surface area (Å²) in [6.45, 7) is 0. The number of hydrogen-bond acceptors (Lipinski definition) is 4. The molecule has 0 aliphatic heterocycles. The Hall–Kier alpha value is -2.62. The van der Waals surface area contributed by atoms with E-state index < -0.39 is 0 Å². The summed E-state index contributed by atoms with van der Waals surface area (Å²) in [4.78, 5) is 8.62. The van der Waals surface area contributed by atoms with Gasteiger partial charge in [-0.25, -0.2) is 4.98 Å². The highest BCUT2D eigenvalue weighted by Crippen LogP contribution is 2.31. The molecular formula is C15H13N3O. The van der Waals surface area contributed by atoms with Gasteiger partial charge in [-0.05, 0) is 18.2 Å². The van der Waals surface area contributed by atoms with Gasteiger partial charge in [0.2, 0.25) is 5.88 Å². The van der Waals surface area contributed by atoms with Crippen molar-refractivity contribution in [2.75, 3.05) is 12.8 Å². The Morgan fingerprint density at radius 3 is 2.74 bits per heavy atom. The maximum atomic E-state index is 5.78. The molecule has 2 N–H and O–H groups in total. The van der Waals surface area contributed by atoms with Crippen molar-refractivity contribution in [1.82, 2.24) is 9.97 Å². The number of nitrogens with two attached hydrogens (primary N) is 1. The van der Waals surface area contributed by atoms with Crippen LogP contribution >= 0.6 is 0 Å². The highest BCUT2D eigenvalue weighted by atomic mass is 16.5. The van der Waals surface area contributed by atoms with Gasteiger partial charge in [0, 0.05) is 28.9 Å². The van der Waals surface area contributed by atoms with Gasteiger partial charge in [-0.2, -0.15) is 0 Å². The summed E-state index contributed by atoms with van der Waals surface area (Å²) in [5, 5.41) is 1.06. The first-order valence-electron chi connectivity index (χ1n) is 5.92. The van der Waals surface area contributed by atoms with E-state index in [-0.39, 0.29) is 0 Å². The zero-order valence-electron chi connectivity index (χ0n) is 10.5. The maximum Gasteiger partial charge on any atom is 0.221 e. The molecule has 94 valence electrons. The third-order valence-corrected chi connectivity index (χ3v) is 2.95. The van der Waals surface area contributed by atoms with Crippen LogP contribution in [0.5, 0.6) is 5.88 Å². The van der Waals surface area contributed by atoms with Gasteiger partial charge in [-0.1, -0.05) is 18.2 Å². The van der Waals surface area contributed by atoms with Crippen molar-refractivity contribution in [2.45, 2.75) is 0 Å². The monoisotopic (exact) mass is 251 g/mol. The Labute approximate surface area is 110 Å². The lowest BCUT2D eigenvalue weighted by atomic mass is 10.1. The highest BCUT2D eigenvalue weighted by molar-refractivity contribution is 5.86. The van der Waals surface area contributed by atoms with Crippen LogP contribution in [-0.2, 0) is 0 Å². The standard InChI is InChI=1S/C15H13N3O/c1-19-15-13(11-6-12(16)9-17-8-11)7-10-4-2-3-5-14(10)18-15/h2-9H,16H2,1H3. The first-order valence-corrected chi connectivity index (χ1v) is 5.92. The number of rotatable bonds is 2. The van der Waals surface area contributed by atoms with Crippen LogP contribution in [0.2, 0.25) is 0 Å². The van der Waals surface area contributed by atoms with Crippen LogP contribution in [0.4, 0.5) is 5.69 Å². The first-order chi connectivity index (χ1) is 9.28. The van der Waals surface area contributed by atoms with Gasteiger partial charge < -0.3 is 10.5 Å². The van der Waals surface area contributed by atoms with Gasteiger partial charge in [0.25, 0.3) is 0 Å². The molecule has 0 saturated carbocycles. The fraction of sp³-hybridized carbons (Fsp3) is 0.0667. The third kappa shape index (κ3) is 2.08. The summed E-state index contributed by atoms with van der Waals surface area (Å²) in [6, 6.07) is 11.8. The summed E-state index contributed by atoms with van der Waals surface area (Å²) in [5.74, 6) is 0.575. The van der Waals surface area contributed by atoms with Crippen LogP contribution < -0.4 is 10.5 Å². The lowest BCUT2D eigenvalue weighted by Gasteiger charge is -2.09. The number of pyridine rings is 2. The summed E-state index contributed by atoms with van der Waals surface area (Å²) < 4.78 is 5.37. The van der Waals surface area contributed by atoms with E-state index in [2.05, 4.69) is 9.97 Å². The van der Waals surface area contributed by atoms with Crippen molar-refractivity contribution in [3.05, 3.63) is 48.8 Å². The van der Waals surface area contributed by atoms with Gasteiger partial charge in [-0.15, -0.1) is 0 Å². The Balaban J connectivity index is 2.27. The Morgan fingerprint density at radius 1 is 1.11 bits per heavy atom. The smallest absolute Gasteiger partial charge is 0.221 e. The molecule has 2 aromatic heterocycles. The number of aromatic nitrogens is 2. The molecule has 0 aliphatic rings. The lowest BCUT2D eigenvalue weighted by Crippen LogP contribution is -1.94. The third-order valence-electron chi connectivity index (χ3n) is 2.95. The van der Waals surface area contributed by atoms with Crippen molar-refractivity contribution < 1.29 is 4.74 Å². The van der Waals surface area contributed by atoms with Crippen molar-refractivity contribution >= 4 is 16.6 Å². The van der Waals surface area contributed by atoms with Crippen LogP contribution in [0.3, 0.4) is 0 Å². The molecule has 4 heteroatoms. The molecule has 19 heavy (non-hydrogen) atoms. The van der Waals surface area contributed by atoms with E-state index in [1.165, 1.54) is 0 Å². The van der Waals surface area contributed by atoms with Crippen LogP contribution in [0.15, 0.2) is 48.8 Å². The van der Waals surface area contributed by atoms with Crippen molar-refractivity contribution in [3.8, 4) is 17.0 Å². The van der Waals surface area contributed by atoms with Crippen LogP contribution in [0, 0.1) is 0 Å². The molecule has 0 saturated heterocycles. The molecule has 3 rings (SSSR count). The van der Waals surface area contributed by atoms with Gasteiger partial charge in [-0.3, -0.25) is 4.98 Å². The van der Waals surface area contributed by atoms with Gasteiger partial charge in [0.05, 0.1) is 18.3 Å². The van der Waals surface area contributed by atoms with Crippen molar-refractivity contribution in [2.24, 2.45) is 0 Å². The molecule has 0 amide bonds. The average Bonchev–Trinajstić information content (AvgIpc) is 2.46. The number of nitrogens with zero attached hydrogens (tertiary/aromatic N) is 2. The molecule has 0 spiro atoms. The molecule has 0 bridgehead atoms. The number of nitrogen functional groups attached to an aromatic ring is 1. The lowest BCUT2D eigenvalue weighted by molar-refractivity contribution is 0.401. The number of fused-ring (bicyclic) bond motifs is 1. The van der Waals surface area contributed by atoms with Crippen molar-refractivity contribution in [3.63, 3.8) is 0 Å². The summed E-state index contributed by atoms with van der Waals surface area (Å²) in [6.07, 6.45) is 3.37. The second kappa shape index (κ2) is 4.57. The minimum Gasteiger partial charge on any atom is -0.481 e. The number of benzene rings is 1. The first kappa shape index (κ1) is 11.5. The Morgan fingerprint density at radius 2 is 1.95 bits per heavy atom. The second-order valence-corrected chi connectivity index (χ2v) is 4.24. The number of ether oxygens (including phenoxy) is 1. The quantitative estimate of drug-likeness (QED) is 0.760. The summed E-state index contributed by atoms with van der Waals surface area (Å²) in [5.41, 5.74) is 9.09. The van der Waals surface area contributed by atoms with E-state index in [0.29, 0.717) is 11.6 Å². The molecule has 0 radical (unpaired) electrons. The van der Waals surface area contributed by atoms with E-state index in [1.807, 2.05) is 36.4 Å². The summed E-state index contributed by atoms with van der Waals surface area (Å²) >= 11 is 0. The molecule has 0 fully saturated rings. The second-order valence-electron chi connectivity index (χ2n) is 4.24. The fourth-order valence-electron chi connectivity index (χ4n) is 2.07. The SMILES string of the molecule is COc1nc2ccccc2cc1-c1cncc(N)c1. The van der Waals surface area contributed by atoms with E-state index in [9.17, 15) is 0 Å². The Kier molecular flexibility index (Phi) is 2.76. The highest BCUT2D eigenvalue weighted by Gasteiger charge is 2.10. The molecule has 3 aromatic rings. The zero-order chi connectivity index (χ0) is 13.2. The molecule has 0 atom stereocenters. The number of methoxy groups -OCH3 is 1. The predicted octanol–water partition coefficient (Wildman–Crippen LogP) is 2.89. The normalized spacial score (nSPS) is 10.6. The van der Waals surface area contributed by atoms with E-state index in [1.54, 1.807) is 19.5 Å². The fourth-order valence-corrected chi connectivity index (χ4v) is 2.07. The van der Waals surface area contributed by atoms with E-state index in [0.717, 1.165) is 22.0 Å². The van der Waals surface area contributed by atoms with Gasteiger partial charge in [0.1, 0.15) is 0 Å². The largest absolute Gasteiger partial charge is 0.481 e. The van der Waals surface area contributed by atoms with Crippen LogP contribution in [0.1, 0.15) is 0 Å². The van der Waals surface area contributed by atoms with Crippen LogP contribution in [-0.4, -0.2) is 17.1 Å². The molecule has 2 heterocycles. The molecule has 0 aliphatic carbocycles. The molecule has 1 aromatic carbocycles. The van der Waals surface area contributed by atoms with Crippen LogP contribution in [0.25, 0.3) is 22.0 Å². The predicted molar refractivity (Wildman–Crippen MR) is 75.9 cm³/mol. The molecule has 4 nitrogen and oxygen atoms in total. The number of anilines is 1. The summed E-state index contributed by atoms with van der Waals surface area (Å²) in [7, 11) is 1.61. The molecule has 0 unspecified atom stereocenters. The minimum atomic E-state index is 0.575.